The molecule has 0 rings (SSSR count). The molecule has 0 fully saturated rings. The lowest BCUT2D eigenvalue weighted by molar-refractivity contribution is -0.868. The van der Waals surface area contributed by atoms with Crippen LogP contribution >= 0.6 is 7.60 Å². The van der Waals surface area contributed by atoms with Crippen LogP contribution in [0.2, 0.25) is 0 Å². The largest absolute Gasteiger partial charge is 0.778 e. The average Bonchev–Trinajstić information content (AvgIpc) is 2.62. The summed E-state index contributed by atoms with van der Waals surface area (Å²) >= 11 is 0. The van der Waals surface area contributed by atoms with Gasteiger partial charge in [-0.2, -0.15) is 0 Å². The van der Waals surface area contributed by atoms with Gasteiger partial charge in [0, 0.05) is 0 Å². The molecule has 0 aliphatic carbocycles. The topological polar surface area (TPSA) is 102 Å². The maximum Gasteiger partial charge on any atom is 0.311 e. The Hall–Kier alpha value is -0.950. The number of unbranched alkanes of at least 4 members (excludes halogenated alkanes) is 1. The average molecular weight is 452 g/mol. The second kappa shape index (κ2) is 12.2. The summed E-state index contributed by atoms with van der Waals surface area (Å²) in [4.78, 5) is 37.0. The molecule has 178 valence electrons. The molecule has 0 spiro atoms. The van der Waals surface area contributed by atoms with Crippen molar-refractivity contribution in [3.05, 3.63) is 0 Å². The van der Waals surface area contributed by atoms with Crippen molar-refractivity contribution in [2.75, 3.05) is 53.7 Å². The van der Waals surface area contributed by atoms with Crippen LogP contribution in [0.25, 0.3) is 0 Å². The van der Waals surface area contributed by atoms with Gasteiger partial charge in [0.1, 0.15) is 14.2 Å². The summed E-state index contributed by atoms with van der Waals surface area (Å²) in [5.74, 6) is -0.813. The second-order valence-corrected chi connectivity index (χ2v) is 11.7. The summed E-state index contributed by atoms with van der Waals surface area (Å²) in [7, 11) is 1.72. The molecule has 0 saturated carbocycles. The Morgan fingerprint density at radius 2 is 1.53 bits per heavy atom. The molecule has 9 heteroatoms. The van der Waals surface area contributed by atoms with Crippen LogP contribution in [0, 0.1) is 10.8 Å². The van der Waals surface area contributed by atoms with E-state index in [9.17, 15) is 19.0 Å². The summed E-state index contributed by atoms with van der Waals surface area (Å²) in [6.45, 7) is 9.55. The third-order valence-electron chi connectivity index (χ3n) is 5.04. The van der Waals surface area contributed by atoms with E-state index in [0.29, 0.717) is 24.1 Å². The molecule has 0 amide bonds. The fraction of sp³-hybridized carbons (Fsp3) is 0.905. The first-order chi connectivity index (χ1) is 13.6. The summed E-state index contributed by atoms with van der Waals surface area (Å²) < 4.78 is 28.0. The predicted octanol–water partition coefficient (Wildman–Crippen LogP) is 2.98. The van der Waals surface area contributed by atoms with Gasteiger partial charge in [0.15, 0.2) is 0 Å². The molecule has 0 aromatic carbocycles. The number of ether oxygens (including phenoxy) is 2. The maximum atomic E-state index is 12.7. The van der Waals surface area contributed by atoms with Crippen LogP contribution in [0.5, 0.6) is 0 Å². The quantitative estimate of drug-likeness (QED) is 0.163. The molecule has 0 bridgehead atoms. The second-order valence-electron chi connectivity index (χ2n) is 9.78. The van der Waals surface area contributed by atoms with Crippen molar-refractivity contribution in [3.63, 3.8) is 0 Å². The van der Waals surface area contributed by atoms with Crippen LogP contribution < -0.4 is 4.89 Å². The first kappa shape index (κ1) is 29.1. The fourth-order valence-corrected chi connectivity index (χ4v) is 4.19. The molecule has 0 aromatic rings. The van der Waals surface area contributed by atoms with Crippen molar-refractivity contribution in [2.45, 2.75) is 60.3 Å². The Labute approximate surface area is 182 Å². The Morgan fingerprint density at radius 1 is 0.967 bits per heavy atom. The highest BCUT2D eigenvalue weighted by molar-refractivity contribution is 7.51. The molecule has 2 atom stereocenters. The van der Waals surface area contributed by atoms with Crippen molar-refractivity contribution in [3.8, 4) is 0 Å². The van der Waals surface area contributed by atoms with Gasteiger partial charge in [-0.1, -0.05) is 20.3 Å². The highest BCUT2D eigenvalue weighted by Gasteiger charge is 2.42. The zero-order chi connectivity index (χ0) is 23.6. The van der Waals surface area contributed by atoms with Gasteiger partial charge in [-0.25, -0.2) is 0 Å². The van der Waals surface area contributed by atoms with E-state index in [4.69, 9.17) is 14.0 Å². The van der Waals surface area contributed by atoms with E-state index in [2.05, 4.69) is 0 Å². The van der Waals surface area contributed by atoms with Crippen molar-refractivity contribution in [1.82, 2.24) is 0 Å². The molecule has 0 saturated heterocycles. The van der Waals surface area contributed by atoms with Crippen molar-refractivity contribution in [2.24, 2.45) is 10.8 Å². The molecule has 8 nitrogen and oxygen atoms in total. The molecule has 0 heterocycles. The summed E-state index contributed by atoms with van der Waals surface area (Å²) in [6.07, 6.45) is 2.39. The molecule has 0 aliphatic rings. The van der Waals surface area contributed by atoms with E-state index in [1.54, 1.807) is 20.8 Å². The number of hydrogen-bond acceptors (Lipinski definition) is 7. The maximum absolute atomic E-state index is 12.7. The molecule has 0 radical (unpaired) electrons. The minimum absolute atomic E-state index is 0.0779. The van der Waals surface area contributed by atoms with Gasteiger partial charge in [-0.3, -0.25) is 9.59 Å². The van der Waals surface area contributed by atoms with Crippen molar-refractivity contribution < 1.29 is 37.5 Å². The number of carbonyl (C=O) groups excluding carboxylic acids is 2. The van der Waals surface area contributed by atoms with E-state index in [0.717, 1.165) is 12.8 Å². The minimum atomic E-state index is -3.97. The van der Waals surface area contributed by atoms with E-state index in [1.165, 1.54) is 0 Å². The van der Waals surface area contributed by atoms with Gasteiger partial charge < -0.3 is 27.9 Å². The highest BCUT2D eigenvalue weighted by Crippen LogP contribution is 2.39. The summed E-state index contributed by atoms with van der Waals surface area (Å²) in [6, 6.07) is 0. The van der Waals surface area contributed by atoms with Gasteiger partial charge in [-0.15, -0.1) is 0 Å². The number of hydrogen-bond donors (Lipinski definition) is 0. The summed E-state index contributed by atoms with van der Waals surface area (Å²) in [5, 5.41) is 0. The lowest BCUT2D eigenvalue weighted by Gasteiger charge is -2.33. The fourth-order valence-electron chi connectivity index (χ4n) is 2.87. The standard InChI is InChI=1S/C21H42NO7P/c1-9-11-13-27-18(23)20(3,4)17-21(5,10-2)19(24)28-14-15-29-30(25,26)16-12-22(6,7)8/h9-17H2,1-8H3. The van der Waals surface area contributed by atoms with Crippen molar-refractivity contribution in [1.29, 1.82) is 0 Å². The Balaban J connectivity index is 4.67. The molecule has 2 unspecified atom stereocenters. The Bertz CT molecular complexity index is 601. The van der Waals surface area contributed by atoms with Gasteiger partial charge in [0.05, 0.1) is 57.9 Å². The number of esters is 2. The summed E-state index contributed by atoms with van der Waals surface area (Å²) in [5.41, 5.74) is -1.73. The number of carbonyl (C=O) groups is 2. The smallest absolute Gasteiger partial charge is 0.311 e. The zero-order valence-corrected chi connectivity index (χ0v) is 21.0. The Morgan fingerprint density at radius 3 is 2.03 bits per heavy atom. The lowest BCUT2D eigenvalue weighted by Crippen LogP contribution is -2.39. The zero-order valence-electron chi connectivity index (χ0n) is 20.1. The monoisotopic (exact) mass is 451 g/mol. The van der Waals surface area contributed by atoms with E-state index in [1.807, 2.05) is 35.0 Å². The van der Waals surface area contributed by atoms with Crippen LogP contribution in [0.4, 0.5) is 0 Å². The number of nitrogens with zero attached hydrogens (tertiary/aromatic N) is 1. The van der Waals surface area contributed by atoms with Gasteiger partial charge in [0.2, 0.25) is 0 Å². The molecule has 0 aliphatic heterocycles. The highest BCUT2D eigenvalue weighted by atomic mass is 31.2. The first-order valence-corrected chi connectivity index (χ1v) is 12.4. The SMILES string of the molecule is CCCCOC(=O)C(C)(C)CC(C)(CC)C(=O)OCCOP(=O)([O-])CC[N+](C)(C)C. The van der Waals surface area contributed by atoms with E-state index >= 15 is 0 Å². The lowest BCUT2D eigenvalue weighted by atomic mass is 9.72. The van der Waals surface area contributed by atoms with Gasteiger partial charge in [-0.05, 0) is 40.0 Å². The van der Waals surface area contributed by atoms with E-state index < -0.39 is 24.4 Å². The molecular weight excluding hydrogens is 409 g/mol. The van der Waals surface area contributed by atoms with Crippen LogP contribution in [0.1, 0.15) is 60.3 Å². The normalized spacial score (nSPS) is 16.4. The molecular formula is C21H42NO7P. The van der Waals surface area contributed by atoms with Gasteiger partial charge in [0.25, 0.3) is 0 Å². The van der Waals surface area contributed by atoms with Crippen LogP contribution in [-0.4, -0.2) is 70.1 Å². The Kier molecular flexibility index (Phi) is 11.8. The third-order valence-corrected chi connectivity index (χ3v) is 6.36. The van der Waals surface area contributed by atoms with Crippen LogP contribution in [0.3, 0.4) is 0 Å². The van der Waals surface area contributed by atoms with Crippen LogP contribution in [-0.2, 0) is 28.2 Å². The van der Waals surface area contributed by atoms with Crippen LogP contribution in [0.15, 0.2) is 0 Å². The molecule has 0 N–H and O–H groups in total. The number of rotatable bonds is 15. The molecule has 0 aromatic heterocycles. The van der Waals surface area contributed by atoms with Gasteiger partial charge >= 0.3 is 11.9 Å². The first-order valence-electron chi connectivity index (χ1n) is 10.7. The third kappa shape index (κ3) is 11.4. The van der Waals surface area contributed by atoms with E-state index in [-0.39, 0.29) is 31.8 Å². The predicted molar refractivity (Wildman–Crippen MR) is 115 cm³/mol. The minimum Gasteiger partial charge on any atom is -0.778 e. The molecule has 30 heavy (non-hydrogen) atoms. The number of quaternary nitrogens is 1. The van der Waals surface area contributed by atoms with Crippen molar-refractivity contribution >= 4 is 19.5 Å².